The summed E-state index contributed by atoms with van der Waals surface area (Å²) in [5.74, 6) is 2.65. The molecule has 2 rings (SSSR count). The molecule has 21 heavy (non-hydrogen) atoms. The zero-order valence-electron chi connectivity index (χ0n) is 15.1. The summed E-state index contributed by atoms with van der Waals surface area (Å²) in [6, 6.07) is 0.782. The van der Waals surface area contributed by atoms with Gasteiger partial charge >= 0.3 is 0 Å². The third-order valence-electron chi connectivity index (χ3n) is 5.82. The summed E-state index contributed by atoms with van der Waals surface area (Å²) >= 11 is 0. The quantitative estimate of drug-likeness (QED) is 0.723. The van der Waals surface area contributed by atoms with Crippen molar-refractivity contribution in [3.8, 4) is 0 Å². The van der Waals surface area contributed by atoms with E-state index in [0.29, 0.717) is 5.41 Å². The van der Waals surface area contributed by atoms with Crippen LogP contribution in [-0.2, 0) is 0 Å². The van der Waals surface area contributed by atoms with Crippen LogP contribution in [-0.4, -0.2) is 37.6 Å². The molecule has 0 heterocycles. The van der Waals surface area contributed by atoms with E-state index in [0.717, 1.165) is 30.3 Å². The van der Waals surface area contributed by atoms with Crippen LogP contribution in [0, 0.1) is 23.2 Å². The molecule has 0 bridgehead atoms. The van der Waals surface area contributed by atoms with E-state index < -0.39 is 0 Å². The lowest BCUT2D eigenvalue weighted by molar-refractivity contribution is 0.0707. The Kier molecular flexibility index (Phi) is 6.14. The van der Waals surface area contributed by atoms with Gasteiger partial charge in [0.2, 0.25) is 0 Å². The Balaban J connectivity index is 1.93. The first-order valence-corrected chi connectivity index (χ1v) is 9.33. The minimum Gasteiger partial charge on any atom is -0.316 e. The van der Waals surface area contributed by atoms with Gasteiger partial charge in [-0.25, -0.2) is 0 Å². The average Bonchev–Trinajstić information content (AvgIpc) is 3.21. The van der Waals surface area contributed by atoms with Crippen molar-refractivity contribution in [2.24, 2.45) is 23.2 Å². The number of hydrogen-bond acceptors (Lipinski definition) is 2. The predicted octanol–water partition coefficient (Wildman–Crippen LogP) is 4.16. The van der Waals surface area contributed by atoms with Crippen LogP contribution >= 0.6 is 0 Å². The molecule has 124 valence electrons. The second-order valence-electron chi connectivity index (χ2n) is 8.72. The maximum atomic E-state index is 3.78. The van der Waals surface area contributed by atoms with E-state index in [1.54, 1.807) is 0 Å². The largest absolute Gasteiger partial charge is 0.316 e. The standard InChI is InChI=1S/C19H38N2/c1-15(2)12-20-13-19(10-6-7-16(3)11-19)14-21(5)17(4)18-8-9-18/h15-18,20H,6-14H2,1-5H3. The van der Waals surface area contributed by atoms with Crippen molar-refractivity contribution in [3.05, 3.63) is 0 Å². The SMILES string of the molecule is CC(C)CNCC1(CN(C)C(C)C2CC2)CCCC(C)C1. The van der Waals surface area contributed by atoms with Crippen molar-refractivity contribution in [2.75, 3.05) is 26.7 Å². The monoisotopic (exact) mass is 294 g/mol. The number of nitrogens with one attached hydrogen (secondary N) is 1. The van der Waals surface area contributed by atoms with Gasteiger partial charge in [-0.1, -0.05) is 33.6 Å². The van der Waals surface area contributed by atoms with Gasteiger partial charge in [-0.3, -0.25) is 0 Å². The molecule has 3 atom stereocenters. The van der Waals surface area contributed by atoms with E-state index in [4.69, 9.17) is 0 Å². The summed E-state index contributed by atoms with van der Waals surface area (Å²) in [6.07, 6.45) is 8.62. The minimum absolute atomic E-state index is 0.518. The van der Waals surface area contributed by atoms with Gasteiger partial charge in [0.05, 0.1) is 0 Å². The third kappa shape index (κ3) is 5.25. The van der Waals surface area contributed by atoms with Gasteiger partial charge in [-0.2, -0.15) is 0 Å². The van der Waals surface area contributed by atoms with Gasteiger partial charge in [0.1, 0.15) is 0 Å². The summed E-state index contributed by atoms with van der Waals surface area (Å²) in [5.41, 5.74) is 0.518. The van der Waals surface area contributed by atoms with Crippen LogP contribution in [0.1, 0.15) is 66.2 Å². The van der Waals surface area contributed by atoms with Gasteiger partial charge in [0.15, 0.2) is 0 Å². The van der Waals surface area contributed by atoms with Gasteiger partial charge in [-0.15, -0.1) is 0 Å². The highest BCUT2D eigenvalue weighted by atomic mass is 15.1. The van der Waals surface area contributed by atoms with Crippen LogP contribution in [0.25, 0.3) is 0 Å². The van der Waals surface area contributed by atoms with Crippen molar-refractivity contribution in [3.63, 3.8) is 0 Å². The smallest absolute Gasteiger partial charge is 0.00923 e. The zero-order chi connectivity index (χ0) is 15.5. The molecule has 2 nitrogen and oxygen atoms in total. The Bertz CT molecular complexity index is 311. The average molecular weight is 295 g/mol. The van der Waals surface area contributed by atoms with Crippen LogP contribution in [0.5, 0.6) is 0 Å². The fraction of sp³-hybridized carbons (Fsp3) is 1.00. The first-order valence-electron chi connectivity index (χ1n) is 9.33. The maximum Gasteiger partial charge on any atom is 0.00923 e. The molecule has 0 saturated heterocycles. The van der Waals surface area contributed by atoms with E-state index in [1.807, 2.05) is 0 Å². The normalized spacial score (nSPS) is 31.9. The molecule has 0 aromatic carbocycles. The van der Waals surface area contributed by atoms with Crippen LogP contribution in [0.15, 0.2) is 0 Å². The van der Waals surface area contributed by atoms with Gasteiger partial charge in [0, 0.05) is 19.1 Å². The molecule has 2 aliphatic rings. The molecule has 0 aromatic rings. The number of nitrogens with zero attached hydrogens (tertiary/aromatic N) is 1. The fourth-order valence-corrected chi connectivity index (χ4v) is 4.37. The lowest BCUT2D eigenvalue weighted by atomic mass is 9.69. The molecule has 2 aliphatic carbocycles. The van der Waals surface area contributed by atoms with Crippen molar-refractivity contribution in [2.45, 2.75) is 72.3 Å². The molecule has 2 heteroatoms. The second-order valence-corrected chi connectivity index (χ2v) is 8.72. The molecule has 2 saturated carbocycles. The molecule has 0 aromatic heterocycles. The molecular formula is C19H38N2. The van der Waals surface area contributed by atoms with E-state index in [2.05, 4.69) is 45.0 Å². The fourth-order valence-electron chi connectivity index (χ4n) is 4.37. The molecule has 3 unspecified atom stereocenters. The third-order valence-corrected chi connectivity index (χ3v) is 5.82. The van der Waals surface area contributed by atoms with Crippen molar-refractivity contribution < 1.29 is 0 Å². The van der Waals surface area contributed by atoms with Gasteiger partial charge < -0.3 is 10.2 Å². The number of hydrogen-bond donors (Lipinski definition) is 1. The summed E-state index contributed by atoms with van der Waals surface area (Å²) in [6.45, 7) is 13.2. The molecule has 0 radical (unpaired) electrons. The Morgan fingerprint density at radius 2 is 1.90 bits per heavy atom. The highest BCUT2D eigenvalue weighted by Crippen LogP contribution is 2.41. The second kappa shape index (κ2) is 7.46. The van der Waals surface area contributed by atoms with Crippen molar-refractivity contribution in [1.29, 1.82) is 0 Å². The van der Waals surface area contributed by atoms with E-state index in [1.165, 1.54) is 51.6 Å². The molecule has 0 aliphatic heterocycles. The lowest BCUT2D eigenvalue weighted by Crippen LogP contribution is -2.48. The molecule has 2 fully saturated rings. The molecule has 0 spiro atoms. The van der Waals surface area contributed by atoms with E-state index in [9.17, 15) is 0 Å². The molecular weight excluding hydrogens is 256 g/mol. The molecule has 1 N–H and O–H groups in total. The maximum absolute atomic E-state index is 3.78. The van der Waals surface area contributed by atoms with E-state index >= 15 is 0 Å². The van der Waals surface area contributed by atoms with Crippen LogP contribution in [0.2, 0.25) is 0 Å². The summed E-state index contributed by atoms with van der Waals surface area (Å²) in [4.78, 5) is 2.67. The lowest BCUT2D eigenvalue weighted by Gasteiger charge is -2.44. The van der Waals surface area contributed by atoms with Crippen LogP contribution in [0.4, 0.5) is 0 Å². The highest BCUT2D eigenvalue weighted by Gasteiger charge is 2.38. The Morgan fingerprint density at radius 3 is 2.48 bits per heavy atom. The highest BCUT2D eigenvalue weighted by molar-refractivity contribution is 4.92. The molecule has 0 amide bonds. The Hall–Kier alpha value is -0.0800. The Morgan fingerprint density at radius 1 is 1.19 bits per heavy atom. The first-order chi connectivity index (χ1) is 9.92. The Labute approximate surface area is 133 Å². The van der Waals surface area contributed by atoms with Crippen molar-refractivity contribution >= 4 is 0 Å². The van der Waals surface area contributed by atoms with Crippen LogP contribution < -0.4 is 5.32 Å². The summed E-state index contributed by atoms with van der Waals surface area (Å²) in [7, 11) is 2.37. The minimum atomic E-state index is 0.518. The van der Waals surface area contributed by atoms with Crippen molar-refractivity contribution in [1.82, 2.24) is 10.2 Å². The number of rotatable bonds is 8. The van der Waals surface area contributed by atoms with Gasteiger partial charge in [-0.05, 0) is 69.4 Å². The van der Waals surface area contributed by atoms with Crippen LogP contribution in [0.3, 0.4) is 0 Å². The summed E-state index contributed by atoms with van der Waals surface area (Å²) < 4.78 is 0. The topological polar surface area (TPSA) is 15.3 Å². The predicted molar refractivity (Wildman–Crippen MR) is 92.6 cm³/mol. The first kappa shape index (κ1) is 17.3. The summed E-state index contributed by atoms with van der Waals surface area (Å²) in [5, 5.41) is 3.78. The zero-order valence-corrected chi connectivity index (χ0v) is 15.1. The van der Waals surface area contributed by atoms with E-state index in [-0.39, 0.29) is 0 Å². The van der Waals surface area contributed by atoms with Gasteiger partial charge in [0.25, 0.3) is 0 Å².